The molecule has 0 aliphatic heterocycles. The number of anilines is 1. The molecule has 7 nitrogen and oxygen atoms in total. The van der Waals surface area contributed by atoms with E-state index in [2.05, 4.69) is 22.1 Å². The molecule has 0 spiro atoms. The van der Waals surface area contributed by atoms with Gasteiger partial charge in [-0.1, -0.05) is 43.8 Å². The lowest BCUT2D eigenvalue weighted by Gasteiger charge is -2.13. The van der Waals surface area contributed by atoms with Crippen molar-refractivity contribution in [1.82, 2.24) is 14.8 Å². The van der Waals surface area contributed by atoms with Gasteiger partial charge in [0.25, 0.3) is 0 Å². The Kier molecular flexibility index (Phi) is 8.59. The van der Waals surface area contributed by atoms with Crippen LogP contribution in [0.4, 0.5) is 10.1 Å². The van der Waals surface area contributed by atoms with Crippen LogP contribution in [-0.4, -0.2) is 31.7 Å². The van der Waals surface area contributed by atoms with Crippen LogP contribution in [-0.2, 0) is 17.9 Å². The summed E-state index contributed by atoms with van der Waals surface area (Å²) in [7, 11) is 0. The second-order valence-electron chi connectivity index (χ2n) is 7.86. The second kappa shape index (κ2) is 11.6. The van der Waals surface area contributed by atoms with Crippen LogP contribution < -0.4 is 10.1 Å². The van der Waals surface area contributed by atoms with E-state index in [1.807, 2.05) is 13.8 Å². The van der Waals surface area contributed by atoms with Crippen molar-refractivity contribution in [2.75, 3.05) is 5.32 Å². The maximum atomic E-state index is 13.8. The minimum Gasteiger partial charge on any atom is -0.483 e. The molecule has 1 unspecified atom stereocenters. The fourth-order valence-corrected chi connectivity index (χ4v) is 3.93. The number of aromatic nitrogens is 3. The van der Waals surface area contributed by atoms with Gasteiger partial charge in [0.2, 0.25) is 5.91 Å². The normalized spacial score (nSPS) is 11.8. The summed E-state index contributed by atoms with van der Waals surface area (Å²) in [6.07, 6.45) is 1.69. The highest BCUT2D eigenvalue weighted by molar-refractivity contribution is 8.00. The van der Waals surface area contributed by atoms with E-state index in [1.165, 1.54) is 17.8 Å². The molecule has 34 heavy (non-hydrogen) atoms. The quantitative estimate of drug-likeness (QED) is 0.231. The summed E-state index contributed by atoms with van der Waals surface area (Å²) in [5, 5.41) is 11.3. The molecular weight excluding hydrogens is 455 g/mol. The van der Waals surface area contributed by atoms with Gasteiger partial charge in [-0.3, -0.25) is 14.2 Å². The maximum absolute atomic E-state index is 13.8. The van der Waals surface area contributed by atoms with Crippen LogP contribution in [0, 0.1) is 11.7 Å². The first-order chi connectivity index (χ1) is 16.3. The molecule has 1 amide bonds. The number of Topliss-reactive ketones (excluding diaryl/α,β-unsaturated/α-hetero) is 1. The first-order valence-electron chi connectivity index (χ1n) is 10.8. The summed E-state index contributed by atoms with van der Waals surface area (Å²) in [6.45, 7) is 9.63. The van der Waals surface area contributed by atoms with Crippen molar-refractivity contribution in [3.05, 3.63) is 78.4 Å². The topological polar surface area (TPSA) is 86.1 Å². The summed E-state index contributed by atoms with van der Waals surface area (Å²) >= 11 is 1.27. The Labute approximate surface area is 202 Å². The number of ether oxygens (including phenoxy) is 1. The molecule has 1 N–H and O–H groups in total. The second-order valence-corrected chi connectivity index (χ2v) is 9.17. The van der Waals surface area contributed by atoms with Crippen molar-refractivity contribution < 1.29 is 18.7 Å². The highest BCUT2D eigenvalue weighted by Crippen LogP contribution is 2.26. The lowest BCUT2D eigenvalue weighted by atomic mass is 10.1. The lowest BCUT2D eigenvalue weighted by molar-refractivity contribution is -0.118. The van der Waals surface area contributed by atoms with Crippen molar-refractivity contribution in [1.29, 1.82) is 0 Å². The van der Waals surface area contributed by atoms with E-state index in [4.69, 9.17) is 4.74 Å². The Balaban J connectivity index is 1.68. The van der Waals surface area contributed by atoms with Gasteiger partial charge in [-0.25, -0.2) is 4.39 Å². The molecule has 9 heteroatoms. The first kappa shape index (κ1) is 25.2. The summed E-state index contributed by atoms with van der Waals surface area (Å²) in [4.78, 5) is 24.8. The van der Waals surface area contributed by atoms with Gasteiger partial charge in [0.1, 0.15) is 6.61 Å². The van der Waals surface area contributed by atoms with Gasteiger partial charge in [0, 0.05) is 23.7 Å². The van der Waals surface area contributed by atoms with Crippen LogP contribution in [0.5, 0.6) is 5.75 Å². The van der Waals surface area contributed by atoms with Crippen molar-refractivity contribution in [3.8, 4) is 5.75 Å². The predicted molar refractivity (Wildman–Crippen MR) is 131 cm³/mol. The molecule has 0 aliphatic rings. The van der Waals surface area contributed by atoms with Crippen LogP contribution in [0.25, 0.3) is 0 Å². The minimum atomic E-state index is -0.458. The standard InChI is InChI=1S/C25H27FN4O3S/c1-5-14-30-22(15-33-21-9-7-6-8-20(21)26)28-29-25(30)34-17(4)23(31)18-10-12-19(13-11-18)27-24(32)16(2)3/h5-13,16-17H,1,14-15H2,2-4H3,(H,27,32). The SMILES string of the molecule is C=CCn1c(COc2ccccc2F)nnc1SC(C)C(=O)c1ccc(NC(=O)C(C)C)cc1. The largest absolute Gasteiger partial charge is 0.483 e. The zero-order valence-electron chi connectivity index (χ0n) is 19.3. The highest BCUT2D eigenvalue weighted by atomic mass is 32.2. The van der Waals surface area contributed by atoms with E-state index in [-0.39, 0.29) is 30.0 Å². The zero-order chi connectivity index (χ0) is 24.7. The average molecular weight is 483 g/mol. The van der Waals surface area contributed by atoms with Gasteiger partial charge in [-0.05, 0) is 43.3 Å². The van der Waals surface area contributed by atoms with Crippen LogP contribution in [0.3, 0.4) is 0 Å². The Morgan fingerprint density at radius 2 is 1.85 bits per heavy atom. The number of nitrogens with zero attached hydrogens (tertiary/aromatic N) is 3. The van der Waals surface area contributed by atoms with Gasteiger partial charge in [-0.15, -0.1) is 16.8 Å². The van der Waals surface area contributed by atoms with Gasteiger partial charge in [0.05, 0.1) is 5.25 Å². The molecular formula is C25H27FN4O3S. The van der Waals surface area contributed by atoms with Crippen LogP contribution in [0.1, 0.15) is 37.0 Å². The van der Waals surface area contributed by atoms with Gasteiger partial charge < -0.3 is 10.1 Å². The molecule has 1 heterocycles. The summed E-state index contributed by atoms with van der Waals surface area (Å²) < 4.78 is 21.2. The van der Waals surface area contributed by atoms with Gasteiger partial charge in [-0.2, -0.15) is 0 Å². The van der Waals surface area contributed by atoms with E-state index < -0.39 is 11.1 Å². The number of benzene rings is 2. The number of thioether (sulfide) groups is 1. The molecule has 178 valence electrons. The van der Waals surface area contributed by atoms with Gasteiger partial charge in [0.15, 0.2) is 28.3 Å². The fourth-order valence-electron chi connectivity index (χ4n) is 2.98. The Morgan fingerprint density at radius 1 is 1.15 bits per heavy atom. The molecule has 1 aromatic heterocycles. The molecule has 1 atom stereocenters. The van der Waals surface area contributed by atoms with Crippen molar-refractivity contribution in [3.63, 3.8) is 0 Å². The molecule has 0 bridgehead atoms. The lowest BCUT2D eigenvalue weighted by Crippen LogP contribution is -2.18. The molecule has 0 aliphatic carbocycles. The number of rotatable bonds is 11. The molecule has 0 fully saturated rings. The molecule has 0 saturated heterocycles. The Hall–Kier alpha value is -3.46. The average Bonchev–Trinajstić information content (AvgIpc) is 3.19. The first-order valence-corrected chi connectivity index (χ1v) is 11.7. The van der Waals surface area contributed by atoms with E-state index >= 15 is 0 Å². The van der Waals surface area contributed by atoms with Crippen molar-refractivity contribution >= 4 is 29.1 Å². The summed E-state index contributed by atoms with van der Waals surface area (Å²) in [6, 6.07) is 12.9. The number of ketones is 1. The number of carbonyl (C=O) groups is 2. The predicted octanol–water partition coefficient (Wildman–Crippen LogP) is 5.14. The van der Waals surface area contributed by atoms with E-state index in [1.54, 1.807) is 60.0 Å². The fraction of sp³-hybridized carbons (Fsp3) is 0.280. The Morgan fingerprint density at radius 3 is 2.50 bits per heavy atom. The van der Waals surface area contributed by atoms with Crippen molar-refractivity contribution in [2.45, 2.75) is 44.3 Å². The maximum Gasteiger partial charge on any atom is 0.226 e. The molecule has 3 rings (SSSR count). The number of para-hydroxylation sites is 1. The van der Waals surface area contributed by atoms with E-state index in [0.29, 0.717) is 28.8 Å². The number of allylic oxidation sites excluding steroid dienone is 1. The number of hydrogen-bond donors (Lipinski definition) is 1. The van der Waals surface area contributed by atoms with Crippen LogP contribution in [0.2, 0.25) is 0 Å². The van der Waals surface area contributed by atoms with Crippen molar-refractivity contribution in [2.24, 2.45) is 5.92 Å². The molecule has 0 saturated carbocycles. The zero-order valence-corrected chi connectivity index (χ0v) is 20.1. The molecule has 3 aromatic rings. The molecule has 0 radical (unpaired) electrons. The third-order valence-corrected chi connectivity index (χ3v) is 5.99. The monoisotopic (exact) mass is 482 g/mol. The third-order valence-electron chi connectivity index (χ3n) is 4.91. The van der Waals surface area contributed by atoms with Crippen LogP contribution in [0.15, 0.2) is 66.3 Å². The number of amides is 1. The van der Waals surface area contributed by atoms with Crippen LogP contribution >= 0.6 is 11.8 Å². The minimum absolute atomic E-state index is 0.0220. The molecule has 2 aromatic carbocycles. The number of carbonyl (C=O) groups excluding carboxylic acids is 2. The smallest absolute Gasteiger partial charge is 0.226 e. The number of hydrogen-bond acceptors (Lipinski definition) is 6. The number of halogens is 1. The van der Waals surface area contributed by atoms with E-state index in [9.17, 15) is 14.0 Å². The third kappa shape index (κ3) is 6.32. The summed E-state index contributed by atoms with van der Waals surface area (Å²) in [5.74, 6) is -0.131. The Bertz CT molecular complexity index is 1160. The van der Waals surface area contributed by atoms with E-state index in [0.717, 1.165) is 0 Å². The highest BCUT2D eigenvalue weighted by Gasteiger charge is 2.21. The summed E-state index contributed by atoms with van der Waals surface area (Å²) in [5.41, 5.74) is 1.17. The van der Waals surface area contributed by atoms with Gasteiger partial charge >= 0.3 is 0 Å². The number of nitrogens with one attached hydrogen (secondary N) is 1.